The maximum atomic E-state index is 13.0. The van der Waals surface area contributed by atoms with Crippen molar-refractivity contribution in [3.63, 3.8) is 0 Å². The SMILES string of the molecule is Cc1ccc(OCC(=O)N(Cc2ccccc2C)[C@@H](C)C(=O)NC(C)C)cc1. The molecule has 5 nitrogen and oxygen atoms in total. The lowest BCUT2D eigenvalue weighted by atomic mass is 10.1. The van der Waals surface area contributed by atoms with Crippen molar-refractivity contribution >= 4 is 11.8 Å². The first-order valence-electron chi connectivity index (χ1n) is 9.61. The highest BCUT2D eigenvalue weighted by Gasteiger charge is 2.27. The second kappa shape index (κ2) is 9.93. The molecule has 0 saturated carbocycles. The largest absolute Gasteiger partial charge is 0.484 e. The summed E-state index contributed by atoms with van der Waals surface area (Å²) in [5.74, 6) is 0.233. The van der Waals surface area contributed by atoms with E-state index >= 15 is 0 Å². The van der Waals surface area contributed by atoms with Crippen LogP contribution in [0.4, 0.5) is 0 Å². The molecule has 0 unspecified atom stereocenters. The quantitative estimate of drug-likeness (QED) is 0.759. The zero-order valence-electron chi connectivity index (χ0n) is 17.4. The summed E-state index contributed by atoms with van der Waals surface area (Å²) in [7, 11) is 0. The highest BCUT2D eigenvalue weighted by Crippen LogP contribution is 2.15. The molecule has 28 heavy (non-hydrogen) atoms. The van der Waals surface area contributed by atoms with E-state index in [9.17, 15) is 9.59 Å². The number of hydrogen-bond acceptors (Lipinski definition) is 3. The lowest BCUT2D eigenvalue weighted by Crippen LogP contribution is -2.50. The third-order valence-corrected chi connectivity index (χ3v) is 4.58. The predicted molar refractivity (Wildman–Crippen MR) is 111 cm³/mol. The van der Waals surface area contributed by atoms with Crippen LogP contribution in [-0.4, -0.2) is 35.4 Å². The molecule has 2 amide bonds. The number of nitrogens with zero attached hydrogens (tertiary/aromatic N) is 1. The van der Waals surface area contributed by atoms with Gasteiger partial charge in [-0.25, -0.2) is 0 Å². The number of carbonyl (C=O) groups excluding carboxylic acids is 2. The number of aryl methyl sites for hydroxylation is 2. The molecule has 0 aromatic heterocycles. The van der Waals surface area contributed by atoms with Gasteiger partial charge < -0.3 is 15.0 Å². The van der Waals surface area contributed by atoms with Crippen molar-refractivity contribution in [2.75, 3.05) is 6.61 Å². The van der Waals surface area contributed by atoms with E-state index in [0.29, 0.717) is 12.3 Å². The Hall–Kier alpha value is -2.82. The van der Waals surface area contributed by atoms with Crippen molar-refractivity contribution in [2.24, 2.45) is 0 Å². The van der Waals surface area contributed by atoms with E-state index in [4.69, 9.17) is 4.74 Å². The van der Waals surface area contributed by atoms with Crippen LogP contribution < -0.4 is 10.1 Å². The molecular weight excluding hydrogens is 352 g/mol. The van der Waals surface area contributed by atoms with Crippen LogP contribution in [0.15, 0.2) is 48.5 Å². The summed E-state index contributed by atoms with van der Waals surface area (Å²) in [5, 5.41) is 2.88. The zero-order valence-corrected chi connectivity index (χ0v) is 17.4. The van der Waals surface area contributed by atoms with Gasteiger partial charge in [0, 0.05) is 12.6 Å². The van der Waals surface area contributed by atoms with Crippen LogP contribution in [-0.2, 0) is 16.1 Å². The number of benzene rings is 2. The topological polar surface area (TPSA) is 58.6 Å². The first-order chi connectivity index (χ1) is 13.3. The highest BCUT2D eigenvalue weighted by atomic mass is 16.5. The molecule has 2 rings (SSSR count). The lowest BCUT2D eigenvalue weighted by Gasteiger charge is -2.29. The van der Waals surface area contributed by atoms with Gasteiger partial charge in [-0.05, 0) is 57.9 Å². The molecule has 0 fully saturated rings. The van der Waals surface area contributed by atoms with E-state index in [0.717, 1.165) is 16.7 Å². The molecule has 0 saturated heterocycles. The summed E-state index contributed by atoms with van der Waals surface area (Å²) in [4.78, 5) is 27.1. The van der Waals surface area contributed by atoms with Crippen LogP contribution in [0.1, 0.15) is 37.5 Å². The molecular formula is C23H30N2O3. The van der Waals surface area contributed by atoms with Gasteiger partial charge in [0.1, 0.15) is 11.8 Å². The molecule has 0 bridgehead atoms. The minimum atomic E-state index is -0.601. The standard InChI is InChI=1S/C23H30N2O3/c1-16(2)24-23(27)19(5)25(14-20-9-7-6-8-18(20)4)22(26)15-28-21-12-10-17(3)11-13-21/h6-13,16,19H,14-15H2,1-5H3,(H,24,27)/t19-/m0/s1. The number of rotatable bonds is 8. The van der Waals surface area contributed by atoms with Crippen LogP contribution in [0.3, 0.4) is 0 Å². The van der Waals surface area contributed by atoms with E-state index < -0.39 is 6.04 Å². The van der Waals surface area contributed by atoms with Crippen molar-refractivity contribution in [3.05, 3.63) is 65.2 Å². The fraction of sp³-hybridized carbons (Fsp3) is 0.391. The molecule has 0 aliphatic rings. The van der Waals surface area contributed by atoms with E-state index in [2.05, 4.69) is 5.32 Å². The first-order valence-corrected chi connectivity index (χ1v) is 9.61. The predicted octanol–water partition coefficient (Wildman–Crippen LogP) is 3.62. The first kappa shape index (κ1) is 21.5. The fourth-order valence-electron chi connectivity index (χ4n) is 2.82. The summed E-state index contributed by atoms with van der Waals surface area (Å²) in [6.45, 7) is 9.79. The Morgan fingerprint density at radius 3 is 2.25 bits per heavy atom. The second-order valence-electron chi connectivity index (χ2n) is 7.39. The van der Waals surface area contributed by atoms with Gasteiger partial charge in [-0.3, -0.25) is 9.59 Å². The smallest absolute Gasteiger partial charge is 0.261 e. The van der Waals surface area contributed by atoms with Crippen LogP contribution in [0.25, 0.3) is 0 Å². The molecule has 5 heteroatoms. The molecule has 2 aromatic rings. The Morgan fingerprint density at radius 2 is 1.64 bits per heavy atom. The minimum absolute atomic E-state index is 0.00849. The third-order valence-electron chi connectivity index (χ3n) is 4.58. The zero-order chi connectivity index (χ0) is 20.7. The molecule has 1 N–H and O–H groups in total. The van der Waals surface area contributed by atoms with Gasteiger partial charge in [-0.15, -0.1) is 0 Å². The van der Waals surface area contributed by atoms with E-state index in [1.54, 1.807) is 11.8 Å². The van der Waals surface area contributed by atoms with Crippen molar-refractivity contribution in [2.45, 2.75) is 53.2 Å². The van der Waals surface area contributed by atoms with Crippen LogP contribution in [0, 0.1) is 13.8 Å². The summed E-state index contributed by atoms with van der Waals surface area (Å²) < 4.78 is 5.66. The Bertz CT molecular complexity index is 800. The third kappa shape index (κ3) is 6.12. The van der Waals surface area contributed by atoms with Crippen LogP contribution in [0.2, 0.25) is 0 Å². The maximum absolute atomic E-state index is 13.0. The fourth-order valence-corrected chi connectivity index (χ4v) is 2.82. The van der Waals surface area contributed by atoms with Gasteiger partial charge in [0.25, 0.3) is 5.91 Å². The molecule has 0 heterocycles. The summed E-state index contributed by atoms with van der Waals surface area (Å²) in [5.41, 5.74) is 3.21. The Balaban J connectivity index is 2.15. The molecule has 2 aromatic carbocycles. The van der Waals surface area contributed by atoms with Crippen LogP contribution in [0.5, 0.6) is 5.75 Å². The van der Waals surface area contributed by atoms with E-state index in [1.165, 1.54) is 0 Å². The van der Waals surface area contributed by atoms with Gasteiger partial charge in [0.15, 0.2) is 6.61 Å². The Labute approximate surface area is 167 Å². The number of hydrogen-bond donors (Lipinski definition) is 1. The molecule has 150 valence electrons. The summed E-state index contributed by atoms with van der Waals surface area (Å²) in [6.07, 6.45) is 0. The number of nitrogens with one attached hydrogen (secondary N) is 1. The summed E-state index contributed by atoms with van der Waals surface area (Å²) in [6, 6.07) is 14.8. The maximum Gasteiger partial charge on any atom is 0.261 e. The van der Waals surface area contributed by atoms with Gasteiger partial charge in [-0.2, -0.15) is 0 Å². The molecule has 0 aliphatic carbocycles. The van der Waals surface area contributed by atoms with Gasteiger partial charge >= 0.3 is 0 Å². The molecule has 0 radical (unpaired) electrons. The number of carbonyl (C=O) groups is 2. The van der Waals surface area contributed by atoms with Gasteiger partial charge in [-0.1, -0.05) is 42.0 Å². The van der Waals surface area contributed by atoms with Gasteiger partial charge in [0.05, 0.1) is 0 Å². The minimum Gasteiger partial charge on any atom is -0.484 e. The number of amides is 2. The summed E-state index contributed by atoms with van der Waals surface area (Å²) >= 11 is 0. The molecule has 0 spiro atoms. The van der Waals surface area contributed by atoms with Crippen molar-refractivity contribution in [1.29, 1.82) is 0 Å². The molecule has 1 atom stereocenters. The van der Waals surface area contributed by atoms with E-state index in [1.807, 2.05) is 76.2 Å². The average molecular weight is 383 g/mol. The Kier molecular flexibility index (Phi) is 7.61. The van der Waals surface area contributed by atoms with Crippen LogP contribution >= 0.6 is 0 Å². The normalized spacial score (nSPS) is 11.8. The molecule has 0 aliphatic heterocycles. The van der Waals surface area contributed by atoms with Gasteiger partial charge in [0.2, 0.25) is 5.91 Å². The monoisotopic (exact) mass is 382 g/mol. The highest BCUT2D eigenvalue weighted by molar-refractivity contribution is 5.88. The number of ether oxygens (including phenoxy) is 1. The average Bonchev–Trinajstić information content (AvgIpc) is 2.65. The Morgan fingerprint density at radius 1 is 1.00 bits per heavy atom. The lowest BCUT2D eigenvalue weighted by molar-refractivity contribution is -0.142. The van der Waals surface area contributed by atoms with E-state index in [-0.39, 0.29) is 24.5 Å². The second-order valence-corrected chi connectivity index (χ2v) is 7.39. The van der Waals surface area contributed by atoms with Crippen molar-refractivity contribution in [1.82, 2.24) is 10.2 Å². The van der Waals surface area contributed by atoms with Crippen molar-refractivity contribution < 1.29 is 14.3 Å². The van der Waals surface area contributed by atoms with Crippen molar-refractivity contribution in [3.8, 4) is 5.75 Å².